The van der Waals surface area contributed by atoms with E-state index >= 15 is 0 Å². The van der Waals surface area contributed by atoms with Gasteiger partial charge in [0.15, 0.2) is 21.7 Å². The minimum absolute atomic E-state index is 0.0140. The van der Waals surface area contributed by atoms with Crippen LogP contribution in [-0.4, -0.2) is 186 Å². The number of aromatic nitrogens is 2. The normalized spacial score (nSPS) is 20.0. The number of anilines is 2. The fourth-order valence-corrected chi connectivity index (χ4v) is 11.2. The number of nitrogens with one attached hydrogen (secondary N) is 4. The molecule has 0 aromatic carbocycles. The Labute approximate surface area is 449 Å². The Kier molecular flexibility index (Phi) is 20.0. The summed E-state index contributed by atoms with van der Waals surface area (Å²) in [5, 5.41) is 19.1. The Morgan fingerprint density at radius 2 is 0.987 bits per heavy atom. The van der Waals surface area contributed by atoms with Gasteiger partial charge in [0.05, 0.1) is 25.4 Å². The number of amides is 6. The summed E-state index contributed by atoms with van der Waals surface area (Å²) in [5.41, 5.74) is -0.252. The number of fused-ring (bicyclic) bond motifs is 2. The maximum Gasteiger partial charge on any atom is 0.511 e. The number of nitrogens with zero attached hydrogens (tertiary/aromatic N) is 6. The van der Waals surface area contributed by atoms with Crippen LogP contribution in [0.5, 0.6) is 0 Å². The van der Waals surface area contributed by atoms with E-state index in [1.54, 1.807) is 27.7 Å². The molecular weight excluding hydrogens is 1090 g/mol. The van der Waals surface area contributed by atoms with Crippen LogP contribution >= 0.6 is 46.2 Å². The highest BCUT2D eigenvalue weighted by Gasteiger charge is 2.56. The van der Waals surface area contributed by atoms with Crippen LogP contribution in [0.15, 0.2) is 43.6 Å². The van der Waals surface area contributed by atoms with Crippen molar-refractivity contribution in [1.29, 1.82) is 0 Å². The van der Waals surface area contributed by atoms with Crippen LogP contribution in [0.25, 0.3) is 0 Å². The van der Waals surface area contributed by atoms with Crippen molar-refractivity contribution in [3.05, 3.63) is 44.7 Å². The molecule has 4 N–H and O–H groups in total. The summed E-state index contributed by atoms with van der Waals surface area (Å²) >= 11 is 4.30. The first-order chi connectivity index (χ1) is 36.2. The zero-order valence-electron chi connectivity index (χ0n) is 42.2. The SMILES string of the molecule is COCC1=C(C(=O)O[C@@H](C)OC(=O)OC(C)C)N2C(=O)[C@@H](NC(=O)/C(=N\OC)c3csc(NC(=O)Nc4nc(/C(=N/OC)C(=O)N[C@@H]5C(=O)N6C(C(=O)O[C@@H](C)OC(=O)OC(C)C)=C(COC)CS[C@H]56)cs4)n3)[C@H]2SC1. The first-order valence-corrected chi connectivity index (χ1v) is 26.4. The van der Waals surface area contributed by atoms with Gasteiger partial charge in [-0.05, 0) is 38.8 Å². The smallest absolute Gasteiger partial charge is 0.431 e. The number of hydrogen-bond acceptors (Lipinski definition) is 27. The molecule has 2 aromatic rings. The first kappa shape index (κ1) is 58.2. The Hall–Kier alpha value is -7.07. The third-order valence-corrected chi connectivity index (χ3v) is 14.4. The number of thioether (sulfide) groups is 2. The number of methoxy groups -OCH3 is 2. The molecule has 4 aliphatic rings. The lowest BCUT2D eigenvalue weighted by molar-refractivity contribution is -0.170. The number of β-lactam (4-membered cyclic amide) rings is 2. The van der Waals surface area contributed by atoms with E-state index in [9.17, 15) is 43.2 Å². The van der Waals surface area contributed by atoms with E-state index < -0.39 is 102 Å². The van der Waals surface area contributed by atoms with E-state index in [1.165, 1.54) is 76.6 Å². The number of oxime groups is 2. The molecule has 4 aliphatic heterocycles. The standard InChI is InChI=1S/C43H52N10O19S4/c1-17(2)67-42(61)71-19(5)69-37(58)29-21(11-63-7)13-73-35-27(33(56)52(29)35)46-31(54)25(50-65-9)23-15-75-40(44-23)48-39(60)49-41-45-24(16-76-41)26(51-66-10)32(55)47-28-34(57)53-30(22(12-64-8)14-74-36(28)53)38(59)70-20(6)72-43(62)68-18(3)4/h15-20,27-28,35-36H,11-14H2,1-10H3,(H,46,54)(H,47,55)(H2,44,45,48,49,60)/b50-25-,51-26-/t19-,20-,27-,28-,35-,36-/m1/s1. The number of hydrogen-bond donors (Lipinski definition) is 4. The monoisotopic (exact) mass is 1140 g/mol. The molecule has 6 atom stereocenters. The Morgan fingerprint density at radius 3 is 1.33 bits per heavy atom. The van der Waals surface area contributed by atoms with E-state index in [4.69, 9.17) is 47.6 Å². The summed E-state index contributed by atoms with van der Waals surface area (Å²) in [7, 11) is 5.17. The molecule has 6 heterocycles. The van der Waals surface area contributed by atoms with Gasteiger partial charge in [0.25, 0.3) is 23.6 Å². The lowest BCUT2D eigenvalue weighted by Gasteiger charge is -2.49. The summed E-state index contributed by atoms with van der Waals surface area (Å²) in [5.74, 6) is -4.62. The molecule has 6 rings (SSSR count). The second-order valence-electron chi connectivity index (χ2n) is 16.4. The molecule has 0 spiro atoms. The van der Waals surface area contributed by atoms with Crippen molar-refractivity contribution >= 4 is 122 Å². The number of thiazole rings is 2. The lowest BCUT2D eigenvalue weighted by Crippen LogP contribution is -2.71. The second kappa shape index (κ2) is 26.1. The maximum atomic E-state index is 13.7. The van der Waals surface area contributed by atoms with Crippen LogP contribution < -0.4 is 21.3 Å². The zero-order chi connectivity index (χ0) is 55.5. The second-order valence-corrected chi connectivity index (χ2v) is 20.3. The van der Waals surface area contributed by atoms with Crippen LogP contribution in [0, 0.1) is 0 Å². The number of carbonyl (C=O) groups excluding carboxylic acids is 9. The van der Waals surface area contributed by atoms with Crippen molar-refractivity contribution in [2.75, 3.05) is 63.8 Å². The molecule has 2 saturated heterocycles. The van der Waals surface area contributed by atoms with E-state index in [-0.39, 0.29) is 69.2 Å². The number of rotatable bonds is 22. The molecule has 0 radical (unpaired) electrons. The molecule has 0 unspecified atom stereocenters. The van der Waals surface area contributed by atoms with E-state index in [0.29, 0.717) is 11.1 Å². The van der Waals surface area contributed by atoms with Gasteiger partial charge in [0.2, 0.25) is 12.6 Å². The minimum atomic E-state index is -1.38. The van der Waals surface area contributed by atoms with Gasteiger partial charge in [-0.2, -0.15) is 0 Å². The van der Waals surface area contributed by atoms with Crippen LogP contribution in [0.3, 0.4) is 0 Å². The Balaban J connectivity index is 1.04. The van der Waals surface area contributed by atoms with Gasteiger partial charge in [0, 0.05) is 50.3 Å². The zero-order valence-corrected chi connectivity index (χ0v) is 45.4. The molecular formula is C43H52N10O19S4. The van der Waals surface area contributed by atoms with Crippen molar-refractivity contribution in [2.24, 2.45) is 10.3 Å². The highest BCUT2D eigenvalue weighted by atomic mass is 32.2. The topological polar surface area (TPSA) is 351 Å². The maximum absolute atomic E-state index is 13.7. The number of esters is 2. The third-order valence-electron chi connectivity index (χ3n) is 10.2. The van der Waals surface area contributed by atoms with Crippen LogP contribution in [0.1, 0.15) is 52.9 Å². The lowest BCUT2D eigenvalue weighted by atomic mass is 10.0. The molecule has 412 valence electrons. The quantitative estimate of drug-likeness (QED) is 0.0328. The van der Waals surface area contributed by atoms with Gasteiger partial charge in [0.1, 0.15) is 59.8 Å². The molecule has 2 fully saturated rings. The molecule has 0 aliphatic carbocycles. The molecule has 29 nitrogen and oxygen atoms in total. The summed E-state index contributed by atoms with van der Waals surface area (Å²) in [6, 6.07) is -3.13. The van der Waals surface area contributed by atoms with E-state index in [0.717, 1.165) is 32.5 Å². The Morgan fingerprint density at radius 1 is 0.605 bits per heavy atom. The third kappa shape index (κ3) is 13.9. The summed E-state index contributed by atoms with van der Waals surface area (Å²) in [6.07, 6.45) is -5.86. The molecule has 33 heteroatoms. The van der Waals surface area contributed by atoms with Crippen LogP contribution in [0.2, 0.25) is 0 Å². The number of ether oxygens (including phenoxy) is 8. The molecule has 0 saturated carbocycles. The first-order valence-electron chi connectivity index (χ1n) is 22.5. The highest BCUT2D eigenvalue weighted by Crippen LogP contribution is 2.42. The number of carbonyl (C=O) groups is 9. The van der Waals surface area contributed by atoms with Gasteiger partial charge in [-0.1, -0.05) is 10.3 Å². The molecule has 76 heavy (non-hydrogen) atoms. The largest absolute Gasteiger partial charge is 0.511 e. The van der Waals surface area contributed by atoms with Crippen molar-refractivity contribution in [3.63, 3.8) is 0 Å². The summed E-state index contributed by atoms with van der Waals surface area (Å²) in [4.78, 5) is 139. The summed E-state index contributed by atoms with van der Waals surface area (Å²) < 4.78 is 40.9. The molecule has 2 aromatic heterocycles. The molecule has 0 bridgehead atoms. The van der Waals surface area contributed by atoms with Gasteiger partial charge in [-0.25, -0.2) is 33.9 Å². The van der Waals surface area contributed by atoms with Crippen molar-refractivity contribution in [3.8, 4) is 0 Å². The average molecular weight is 1140 g/mol. The van der Waals surface area contributed by atoms with Crippen molar-refractivity contribution in [1.82, 2.24) is 30.4 Å². The Bertz CT molecular complexity index is 2550. The predicted octanol–water partition coefficient (Wildman–Crippen LogP) is 2.45. The van der Waals surface area contributed by atoms with E-state index in [1.807, 2.05) is 0 Å². The number of urea groups is 1. The van der Waals surface area contributed by atoms with Crippen molar-refractivity contribution < 1.29 is 90.7 Å². The predicted molar refractivity (Wildman–Crippen MR) is 268 cm³/mol. The van der Waals surface area contributed by atoms with Crippen LogP contribution in [0.4, 0.5) is 24.6 Å². The van der Waals surface area contributed by atoms with Gasteiger partial charge in [-0.15, -0.1) is 46.2 Å². The van der Waals surface area contributed by atoms with Gasteiger partial charge >= 0.3 is 30.3 Å². The average Bonchev–Trinajstić information content (AvgIpc) is 4.01. The van der Waals surface area contributed by atoms with Gasteiger partial charge < -0.3 is 58.2 Å². The highest BCUT2D eigenvalue weighted by molar-refractivity contribution is 8.00. The van der Waals surface area contributed by atoms with Crippen LogP contribution in [-0.2, 0) is 76.3 Å². The van der Waals surface area contributed by atoms with Crippen molar-refractivity contribution in [2.45, 2.75) is 89.2 Å². The fourth-order valence-electron chi connectivity index (χ4n) is 7.20. The van der Waals surface area contributed by atoms with Gasteiger partial charge in [-0.3, -0.25) is 39.6 Å². The minimum Gasteiger partial charge on any atom is -0.431 e. The van der Waals surface area contributed by atoms with E-state index in [2.05, 4.69) is 41.5 Å². The molecule has 6 amide bonds. The summed E-state index contributed by atoms with van der Waals surface area (Å²) in [6.45, 7) is 8.97. The fraction of sp³-hybridized carbons (Fsp3) is 0.512.